The first kappa shape index (κ1) is 9.80. The summed E-state index contributed by atoms with van der Waals surface area (Å²) in [6, 6.07) is 9.54. The van der Waals surface area contributed by atoms with Crippen molar-refractivity contribution in [2.75, 3.05) is 13.7 Å². The number of rotatable bonds is 3. The fourth-order valence-corrected chi connectivity index (χ4v) is 1.44. The van der Waals surface area contributed by atoms with Crippen molar-refractivity contribution in [2.45, 2.75) is 0 Å². The van der Waals surface area contributed by atoms with Gasteiger partial charge in [-0.15, -0.1) is 0 Å². The van der Waals surface area contributed by atoms with Gasteiger partial charge in [0.05, 0.1) is 5.52 Å². The van der Waals surface area contributed by atoms with E-state index in [1.54, 1.807) is 6.20 Å². The van der Waals surface area contributed by atoms with Crippen molar-refractivity contribution in [3.8, 4) is 0 Å². The highest BCUT2D eigenvalue weighted by atomic mass is 16.5. The van der Waals surface area contributed by atoms with Gasteiger partial charge in [-0.1, -0.05) is 18.2 Å². The second-order valence-electron chi connectivity index (χ2n) is 3.27. The zero-order valence-electron chi connectivity index (χ0n) is 8.43. The number of methoxy groups -OCH3 is 1. The van der Waals surface area contributed by atoms with Crippen LogP contribution in [-0.2, 0) is 4.74 Å². The lowest BCUT2D eigenvalue weighted by Gasteiger charge is -2.01. The van der Waals surface area contributed by atoms with Crippen LogP contribution in [0.1, 0.15) is 10.4 Å². The van der Waals surface area contributed by atoms with Crippen LogP contribution < -0.4 is 0 Å². The lowest BCUT2D eigenvalue weighted by molar-refractivity contribution is 0.0848. The molecule has 0 saturated carbocycles. The number of aromatic nitrogens is 1. The predicted molar refractivity (Wildman–Crippen MR) is 57.9 cm³/mol. The van der Waals surface area contributed by atoms with Gasteiger partial charge in [0, 0.05) is 24.3 Å². The monoisotopic (exact) mass is 201 g/mol. The molecule has 0 fully saturated rings. The molecule has 0 aliphatic heterocycles. The molecule has 15 heavy (non-hydrogen) atoms. The lowest BCUT2D eigenvalue weighted by atomic mass is 10.1. The number of hydrogen-bond acceptors (Lipinski definition) is 3. The zero-order valence-corrected chi connectivity index (χ0v) is 8.43. The minimum Gasteiger partial charge on any atom is -0.377 e. The molecular formula is C12H11NO2. The first-order valence-corrected chi connectivity index (χ1v) is 4.68. The van der Waals surface area contributed by atoms with Crippen LogP contribution in [0.2, 0.25) is 0 Å². The number of nitrogens with zero attached hydrogens (tertiary/aromatic N) is 1. The van der Waals surface area contributed by atoms with Crippen LogP contribution in [0.3, 0.4) is 0 Å². The van der Waals surface area contributed by atoms with E-state index in [2.05, 4.69) is 4.98 Å². The van der Waals surface area contributed by atoms with Gasteiger partial charge in [0.2, 0.25) is 0 Å². The van der Waals surface area contributed by atoms with E-state index in [4.69, 9.17) is 4.74 Å². The molecular weight excluding hydrogens is 190 g/mol. The summed E-state index contributed by atoms with van der Waals surface area (Å²) in [5.41, 5.74) is 1.49. The van der Waals surface area contributed by atoms with Crippen LogP contribution in [0.15, 0.2) is 36.5 Å². The van der Waals surface area contributed by atoms with Gasteiger partial charge in [-0.25, -0.2) is 0 Å². The van der Waals surface area contributed by atoms with Crippen LogP contribution in [0, 0.1) is 0 Å². The minimum atomic E-state index is -0.0456. The normalized spacial score (nSPS) is 10.5. The summed E-state index contributed by atoms with van der Waals surface area (Å²) in [6.45, 7) is 0.0972. The second-order valence-corrected chi connectivity index (χ2v) is 3.27. The Hall–Kier alpha value is -1.74. The van der Waals surface area contributed by atoms with Gasteiger partial charge in [0.25, 0.3) is 0 Å². The van der Waals surface area contributed by atoms with Crippen molar-refractivity contribution >= 4 is 16.7 Å². The summed E-state index contributed by atoms with van der Waals surface area (Å²) in [6.07, 6.45) is 1.59. The maximum Gasteiger partial charge on any atom is 0.190 e. The van der Waals surface area contributed by atoms with Crippen LogP contribution in [0.5, 0.6) is 0 Å². The predicted octanol–water partition coefficient (Wildman–Crippen LogP) is 2.06. The molecule has 0 atom stereocenters. The molecule has 1 aromatic heterocycles. The van der Waals surface area contributed by atoms with Gasteiger partial charge in [-0.3, -0.25) is 9.78 Å². The van der Waals surface area contributed by atoms with Crippen LogP contribution in [0.4, 0.5) is 0 Å². The Morgan fingerprint density at radius 2 is 2.20 bits per heavy atom. The van der Waals surface area contributed by atoms with Crippen molar-refractivity contribution in [1.29, 1.82) is 0 Å². The molecule has 0 amide bonds. The minimum absolute atomic E-state index is 0.0456. The first-order valence-electron chi connectivity index (χ1n) is 4.68. The largest absolute Gasteiger partial charge is 0.377 e. The van der Waals surface area contributed by atoms with Crippen LogP contribution in [-0.4, -0.2) is 24.5 Å². The standard InChI is InChI=1S/C12H11NO2/c1-15-8-12(14)10-6-9-4-2-3-5-11(9)13-7-10/h2-7H,8H2,1H3. The van der Waals surface area contributed by atoms with Gasteiger partial charge in [-0.05, 0) is 12.1 Å². The van der Waals surface area contributed by atoms with E-state index < -0.39 is 0 Å². The highest BCUT2D eigenvalue weighted by Gasteiger charge is 2.06. The van der Waals surface area contributed by atoms with Gasteiger partial charge in [0.15, 0.2) is 5.78 Å². The van der Waals surface area contributed by atoms with Crippen molar-refractivity contribution < 1.29 is 9.53 Å². The molecule has 0 N–H and O–H groups in total. The van der Waals surface area contributed by atoms with E-state index in [0.29, 0.717) is 5.56 Å². The van der Waals surface area contributed by atoms with E-state index in [0.717, 1.165) is 10.9 Å². The summed E-state index contributed by atoms with van der Waals surface area (Å²) in [5.74, 6) is -0.0456. The second kappa shape index (κ2) is 4.19. The lowest BCUT2D eigenvalue weighted by Crippen LogP contribution is -2.07. The fraction of sp³-hybridized carbons (Fsp3) is 0.167. The molecule has 76 valence electrons. The van der Waals surface area contributed by atoms with Crippen molar-refractivity contribution in [2.24, 2.45) is 0 Å². The van der Waals surface area contributed by atoms with E-state index in [1.165, 1.54) is 7.11 Å². The van der Waals surface area contributed by atoms with E-state index in [-0.39, 0.29) is 12.4 Å². The third kappa shape index (κ3) is 2.02. The Bertz CT molecular complexity index is 494. The molecule has 2 aromatic rings. The zero-order chi connectivity index (χ0) is 10.7. The number of benzene rings is 1. The average Bonchev–Trinajstić information content (AvgIpc) is 2.29. The number of carbonyl (C=O) groups is 1. The third-order valence-corrected chi connectivity index (χ3v) is 2.19. The quantitative estimate of drug-likeness (QED) is 0.713. The van der Waals surface area contributed by atoms with Crippen molar-refractivity contribution in [3.05, 3.63) is 42.1 Å². The van der Waals surface area contributed by atoms with Crippen molar-refractivity contribution in [1.82, 2.24) is 4.98 Å². The van der Waals surface area contributed by atoms with E-state index >= 15 is 0 Å². The first-order chi connectivity index (χ1) is 7.31. The highest BCUT2D eigenvalue weighted by Crippen LogP contribution is 2.12. The maximum absolute atomic E-state index is 11.5. The molecule has 1 aromatic carbocycles. The summed E-state index contributed by atoms with van der Waals surface area (Å²) in [7, 11) is 1.51. The number of ether oxygens (including phenoxy) is 1. The van der Waals surface area contributed by atoms with Gasteiger partial charge < -0.3 is 4.74 Å². The Kier molecular flexibility index (Phi) is 2.74. The molecule has 2 rings (SSSR count). The molecule has 0 aliphatic rings. The molecule has 3 heteroatoms. The smallest absolute Gasteiger partial charge is 0.190 e. The Morgan fingerprint density at radius 1 is 1.40 bits per heavy atom. The molecule has 3 nitrogen and oxygen atoms in total. The van der Waals surface area contributed by atoms with Gasteiger partial charge in [-0.2, -0.15) is 0 Å². The summed E-state index contributed by atoms with van der Waals surface area (Å²) < 4.78 is 4.79. The summed E-state index contributed by atoms with van der Waals surface area (Å²) in [4.78, 5) is 15.7. The topological polar surface area (TPSA) is 39.2 Å². The Labute approximate surface area is 87.7 Å². The van der Waals surface area contributed by atoms with Gasteiger partial charge in [0.1, 0.15) is 6.61 Å². The molecule has 0 aliphatic carbocycles. The fourth-order valence-electron chi connectivity index (χ4n) is 1.44. The third-order valence-electron chi connectivity index (χ3n) is 2.19. The Morgan fingerprint density at radius 3 is 3.00 bits per heavy atom. The Balaban J connectivity index is 2.42. The molecule has 1 heterocycles. The van der Waals surface area contributed by atoms with E-state index in [9.17, 15) is 4.79 Å². The SMILES string of the molecule is COCC(=O)c1cnc2ccccc2c1. The number of pyridine rings is 1. The average molecular weight is 201 g/mol. The number of Topliss-reactive ketones (excluding diaryl/α,β-unsaturated/α-hetero) is 1. The molecule has 0 radical (unpaired) electrons. The summed E-state index contributed by atoms with van der Waals surface area (Å²) in [5, 5.41) is 0.972. The summed E-state index contributed by atoms with van der Waals surface area (Å²) >= 11 is 0. The molecule has 0 unspecified atom stereocenters. The number of para-hydroxylation sites is 1. The van der Waals surface area contributed by atoms with Gasteiger partial charge >= 0.3 is 0 Å². The van der Waals surface area contributed by atoms with E-state index in [1.807, 2.05) is 30.3 Å². The number of hydrogen-bond donors (Lipinski definition) is 0. The molecule has 0 saturated heterocycles. The molecule has 0 bridgehead atoms. The highest BCUT2D eigenvalue weighted by molar-refractivity contribution is 5.99. The number of ketones is 1. The van der Waals surface area contributed by atoms with Crippen LogP contribution in [0.25, 0.3) is 10.9 Å². The number of fused-ring (bicyclic) bond motifs is 1. The van der Waals surface area contributed by atoms with Crippen molar-refractivity contribution in [3.63, 3.8) is 0 Å². The maximum atomic E-state index is 11.5. The number of carbonyl (C=O) groups excluding carboxylic acids is 1. The molecule has 0 spiro atoms. The van der Waals surface area contributed by atoms with Crippen LogP contribution >= 0.6 is 0 Å².